The summed E-state index contributed by atoms with van der Waals surface area (Å²) >= 11 is 0. The Hall–Kier alpha value is -2.74. The largest absolute Gasteiger partial charge is 0.359 e. The normalized spacial score (nSPS) is 23.1. The van der Waals surface area contributed by atoms with Crippen LogP contribution in [0.3, 0.4) is 0 Å². The van der Waals surface area contributed by atoms with Crippen LogP contribution in [0.25, 0.3) is 0 Å². The van der Waals surface area contributed by atoms with Crippen molar-refractivity contribution in [1.29, 1.82) is 0 Å². The average molecular weight is 357 g/mol. The highest BCUT2D eigenvalue weighted by molar-refractivity contribution is 6.39. The molecule has 138 valence electrons. The number of hydrogen-bond acceptors (Lipinski definition) is 5. The first-order valence-corrected chi connectivity index (χ1v) is 8.71. The molecule has 0 spiro atoms. The van der Waals surface area contributed by atoms with E-state index in [1.807, 2.05) is 30.3 Å². The molecule has 0 aromatic heterocycles. The van der Waals surface area contributed by atoms with E-state index in [1.165, 1.54) is 0 Å². The van der Waals surface area contributed by atoms with Crippen LogP contribution in [0, 0.1) is 5.92 Å². The quantitative estimate of drug-likeness (QED) is 0.668. The number of amides is 3. The maximum Gasteiger partial charge on any atom is 0.267 e. The summed E-state index contributed by atoms with van der Waals surface area (Å²) in [5, 5.41) is 9.42. The fourth-order valence-electron chi connectivity index (χ4n) is 3.34. The van der Waals surface area contributed by atoms with E-state index in [0.29, 0.717) is 25.2 Å². The summed E-state index contributed by atoms with van der Waals surface area (Å²) in [6, 6.07) is 9.72. The summed E-state index contributed by atoms with van der Waals surface area (Å²) in [4.78, 5) is 38.0. The van der Waals surface area contributed by atoms with E-state index in [2.05, 4.69) is 26.1 Å². The zero-order chi connectivity index (χ0) is 18.5. The standard InChI is InChI=1S/C18H23N5O3/c1-19-17(25)13-10-23(9-12-5-3-2-4-6-12)11-15(13)20-18(26)14-7-8-16(24)22-21-14/h2-6,13,15H,7-11H2,1H3,(H,19,25)(H,20,26)(H,22,24)/t13-,15-/m0/s1. The second-order valence-corrected chi connectivity index (χ2v) is 6.57. The van der Waals surface area contributed by atoms with Gasteiger partial charge in [0.15, 0.2) is 0 Å². The molecule has 0 bridgehead atoms. The van der Waals surface area contributed by atoms with E-state index in [1.54, 1.807) is 7.05 Å². The molecule has 8 heteroatoms. The summed E-state index contributed by atoms with van der Waals surface area (Å²) in [5.41, 5.74) is 3.78. The molecule has 3 rings (SSSR count). The average Bonchev–Trinajstić information content (AvgIpc) is 3.04. The van der Waals surface area contributed by atoms with E-state index >= 15 is 0 Å². The summed E-state index contributed by atoms with van der Waals surface area (Å²) < 4.78 is 0. The molecule has 0 saturated carbocycles. The molecule has 0 radical (unpaired) electrons. The van der Waals surface area contributed by atoms with Gasteiger partial charge in [0.2, 0.25) is 11.8 Å². The van der Waals surface area contributed by atoms with Crippen LogP contribution in [0.2, 0.25) is 0 Å². The van der Waals surface area contributed by atoms with Crippen molar-refractivity contribution in [3.63, 3.8) is 0 Å². The van der Waals surface area contributed by atoms with Gasteiger partial charge in [-0.05, 0) is 5.56 Å². The Bertz CT molecular complexity index is 719. The van der Waals surface area contributed by atoms with E-state index < -0.39 is 0 Å². The molecule has 0 aliphatic carbocycles. The molecular formula is C18H23N5O3. The fourth-order valence-corrected chi connectivity index (χ4v) is 3.34. The molecular weight excluding hydrogens is 334 g/mol. The third kappa shape index (κ3) is 4.26. The molecule has 2 aliphatic heterocycles. The smallest absolute Gasteiger partial charge is 0.267 e. The van der Waals surface area contributed by atoms with Crippen molar-refractivity contribution in [2.45, 2.75) is 25.4 Å². The SMILES string of the molecule is CNC(=O)[C@H]1CN(Cc2ccccc2)C[C@@H]1NC(=O)C1=NNC(=O)CC1. The summed E-state index contributed by atoms with van der Waals surface area (Å²) in [6.07, 6.45) is 0.554. The van der Waals surface area contributed by atoms with Gasteiger partial charge in [-0.1, -0.05) is 30.3 Å². The van der Waals surface area contributed by atoms with E-state index in [4.69, 9.17) is 0 Å². The highest BCUT2D eigenvalue weighted by atomic mass is 16.2. The lowest BCUT2D eigenvalue weighted by Crippen LogP contribution is -2.48. The second-order valence-electron chi connectivity index (χ2n) is 6.57. The van der Waals surface area contributed by atoms with Gasteiger partial charge >= 0.3 is 0 Å². The van der Waals surface area contributed by atoms with Gasteiger partial charge in [-0.15, -0.1) is 0 Å². The van der Waals surface area contributed by atoms with Crippen molar-refractivity contribution >= 4 is 23.4 Å². The van der Waals surface area contributed by atoms with Gasteiger partial charge in [-0.2, -0.15) is 5.10 Å². The Morgan fingerprint density at radius 2 is 2.00 bits per heavy atom. The predicted octanol–water partition coefficient (Wildman–Crippen LogP) is -0.385. The van der Waals surface area contributed by atoms with Gasteiger partial charge in [0.05, 0.1) is 12.0 Å². The Morgan fingerprint density at radius 1 is 1.23 bits per heavy atom. The number of rotatable bonds is 5. The molecule has 3 N–H and O–H groups in total. The number of hydrogen-bond donors (Lipinski definition) is 3. The monoisotopic (exact) mass is 357 g/mol. The number of carbonyl (C=O) groups is 3. The number of carbonyl (C=O) groups excluding carboxylic acids is 3. The summed E-state index contributed by atoms with van der Waals surface area (Å²) in [5.74, 6) is -0.943. The maximum absolute atomic E-state index is 12.4. The highest BCUT2D eigenvalue weighted by Crippen LogP contribution is 2.20. The van der Waals surface area contributed by atoms with E-state index in [0.717, 1.165) is 12.1 Å². The van der Waals surface area contributed by atoms with Crippen LogP contribution in [0.5, 0.6) is 0 Å². The fraction of sp³-hybridized carbons (Fsp3) is 0.444. The molecule has 8 nitrogen and oxygen atoms in total. The van der Waals surface area contributed by atoms with Crippen LogP contribution < -0.4 is 16.1 Å². The summed E-state index contributed by atoms with van der Waals surface area (Å²) in [7, 11) is 1.60. The van der Waals surface area contributed by atoms with E-state index in [9.17, 15) is 14.4 Å². The zero-order valence-corrected chi connectivity index (χ0v) is 14.7. The topological polar surface area (TPSA) is 103 Å². The number of hydrazone groups is 1. The minimum Gasteiger partial charge on any atom is -0.359 e. The first-order chi connectivity index (χ1) is 12.6. The molecule has 1 fully saturated rings. The Labute approximate surface area is 152 Å². The highest BCUT2D eigenvalue weighted by Gasteiger charge is 2.38. The van der Waals surface area contributed by atoms with Crippen LogP contribution >= 0.6 is 0 Å². The van der Waals surface area contributed by atoms with Crippen molar-refractivity contribution in [2.75, 3.05) is 20.1 Å². The van der Waals surface area contributed by atoms with Gasteiger partial charge in [0.25, 0.3) is 5.91 Å². The Balaban J connectivity index is 1.66. The van der Waals surface area contributed by atoms with Crippen molar-refractivity contribution in [2.24, 2.45) is 11.0 Å². The van der Waals surface area contributed by atoms with Crippen molar-refractivity contribution in [3.05, 3.63) is 35.9 Å². The first-order valence-electron chi connectivity index (χ1n) is 8.71. The third-order valence-electron chi connectivity index (χ3n) is 4.71. The van der Waals surface area contributed by atoms with Crippen molar-refractivity contribution < 1.29 is 14.4 Å². The third-order valence-corrected chi connectivity index (χ3v) is 4.71. The zero-order valence-electron chi connectivity index (χ0n) is 14.7. The lowest BCUT2D eigenvalue weighted by atomic mass is 10.0. The molecule has 0 unspecified atom stereocenters. The molecule has 2 aliphatic rings. The molecule has 1 aromatic carbocycles. The van der Waals surface area contributed by atoms with Crippen molar-refractivity contribution in [1.82, 2.24) is 21.0 Å². The summed E-state index contributed by atoms with van der Waals surface area (Å²) in [6.45, 7) is 1.87. The molecule has 1 aromatic rings. The van der Waals surface area contributed by atoms with Gasteiger partial charge in [0, 0.05) is 39.5 Å². The number of benzene rings is 1. The molecule has 3 amide bonds. The van der Waals surface area contributed by atoms with Gasteiger partial charge in [-0.3, -0.25) is 19.3 Å². The molecule has 2 heterocycles. The lowest BCUT2D eigenvalue weighted by Gasteiger charge is -2.20. The van der Waals surface area contributed by atoms with Crippen LogP contribution in [0.4, 0.5) is 0 Å². The van der Waals surface area contributed by atoms with Crippen LogP contribution in [0.15, 0.2) is 35.4 Å². The van der Waals surface area contributed by atoms with E-state index in [-0.39, 0.29) is 36.1 Å². The second kappa shape index (κ2) is 8.09. The minimum atomic E-state index is -0.328. The van der Waals surface area contributed by atoms with Crippen LogP contribution in [-0.2, 0) is 20.9 Å². The minimum absolute atomic E-state index is 0.0928. The number of likely N-dealkylation sites (tertiary alicyclic amines) is 1. The van der Waals surface area contributed by atoms with Gasteiger partial charge in [0.1, 0.15) is 5.71 Å². The number of nitrogens with one attached hydrogen (secondary N) is 3. The Morgan fingerprint density at radius 3 is 2.65 bits per heavy atom. The Kier molecular flexibility index (Phi) is 5.62. The van der Waals surface area contributed by atoms with Gasteiger partial charge < -0.3 is 10.6 Å². The van der Waals surface area contributed by atoms with Crippen molar-refractivity contribution in [3.8, 4) is 0 Å². The lowest BCUT2D eigenvalue weighted by molar-refractivity contribution is -0.125. The van der Waals surface area contributed by atoms with Crippen LogP contribution in [0.1, 0.15) is 18.4 Å². The van der Waals surface area contributed by atoms with Gasteiger partial charge in [-0.25, -0.2) is 5.43 Å². The predicted molar refractivity (Wildman–Crippen MR) is 96.0 cm³/mol. The molecule has 2 atom stereocenters. The number of nitrogens with zero attached hydrogens (tertiary/aromatic N) is 2. The molecule has 1 saturated heterocycles. The maximum atomic E-state index is 12.4. The molecule has 26 heavy (non-hydrogen) atoms. The first kappa shape index (κ1) is 18.1. The van der Waals surface area contributed by atoms with Crippen LogP contribution in [-0.4, -0.2) is 54.5 Å².